The van der Waals surface area contributed by atoms with Crippen molar-refractivity contribution < 1.29 is 14.3 Å². The quantitative estimate of drug-likeness (QED) is 0.613. The Balaban J connectivity index is 1.43. The van der Waals surface area contributed by atoms with E-state index in [0.29, 0.717) is 25.3 Å². The van der Waals surface area contributed by atoms with Crippen LogP contribution in [0.5, 0.6) is 0 Å². The number of ether oxygens (including phenoxy) is 1. The Labute approximate surface area is 173 Å². The zero-order valence-electron chi connectivity index (χ0n) is 17.1. The molecule has 1 aliphatic rings. The molecule has 0 unspecified atom stereocenters. The van der Waals surface area contributed by atoms with Crippen molar-refractivity contribution in [2.75, 3.05) is 33.4 Å². The summed E-state index contributed by atoms with van der Waals surface area (Å²) in [6.07, 6.45) is 0.203. The third kappa shape index (κ3) is 3.68. The van der Waals surface area contributed by atoms with E-state index in [4.69, 9.17) is 4.74 Å². The lowest BCUT2D eigenvalue weighted by Crippen LogP contribution is -2.36. The second kappa shape index (κ2) is 8.27. The molecule has 9 nitrogen and oxygen atoms in total. The number of para-hydroxylation sites is 1. The van der Waals surface area contributed by atoms with E-state index in [-0.39, 0.29) is 42.9 Å². The minimum atomic E-state index is -0.377. The number of rotatable bonds is 7. The summed E-state index contributed by atoms with van der Waals surface area (Å²) >= 11 is 0. The summed E-state index contributed by atoms with van der Waals surface area (Å²) in [6, 6.07) is 9.69. The predicted octanol–water partition coefficient (Wildman–Crippen LogP) is 0.569. The number of methoxy groups -OCH3 is 1. The molecule has 0 bridgehead atoms. The summed E-state index contributed by atoms with van der Waals surface area (Å²) in [5.74, 6) is -0.592. The summed E-state index contributed by atoms with van der Waals surface area (Å²) in [5, 5.41) is 8.26. The van der Waals surface area contributed by atoms with Gasteiger partial charge in [0.25, 0.3) is 0 Å². The van der Waals surface area contributed by atoms with E-state index in [2.05, 4.69) is 10.4 Å². The first kappa shape index (κ1) is 20.1. The molecule has 9 heteroatoms. The van der Waals surface area contributed by atoms with Crippen molar-refractivity contribution in [2.24, 2.45) is 5.92 Å². The monoisotopic (exact) mass is 411 g/mol. The van der Waals surface area contributed by atoms with Gasteiger partial charge in [-0.05, 0) is 30.0 Å². The van der Waals surface area contributed by atoms with Gasteiger partial charge in [0.05, 0.1) is 24.6 Å². The Morgan fingerprint density at radius 3 is 2.87 bits per heavy atom. The van der Waals surface area contributed by atoms with Crippen LogP contribution < -0.4 is 11.0 Å². The van der Waals surface area contributed by atoms with Gasteiger partial charge in [-0.3, -0.25) is 9.59 Å². The van der Waals surface area contributed by atoms with Crippen LogP contribution in [0.1, 0.15) is 12.0 Å². The molecule has 1 aliphatic heterocycles. The van der Waals surface area contributed by atoms with Gasteiger partial charge < -0.3 is 15.0 Å². The van der Waals surface area contributed by atoms with Crippen LogP contribution in [0.25, 0.3) is 16.6 Å². The highest BCUT2D eigenvalue weighted by Gasteiger charge is 2.33. The lowest BCUT2D eigenvalue weighted by atomic mass is 10.1. The molecule has 0 radical (unpaired) electrons. The molecule has 1 aromatic carbocycles. The van der Waals surface area contributed by atoms with Gasteiger partial charge in [-0.15, -0.1) is 5.10 Å². The molecule has 1 saturated heterocycles. The number of carbonyl (C=O) groups is 2. The maximum Gasteiger partial charge on any atom is 0.350 e. The van der Waals surface area contributed by atoms with Crippen LogP contribution in [-0.2, 0) is 20.9 Å². The number of pyridine rings is 1. The fraction of sp³-hybridized carbons (Fsp3) is 0.429. The molecular weight excluding hydrogens is 386 g/mol. The second-order valence-corrected chi connectivity index (χ2v) is 7.58. The van der Waals surface area contributed by atoms with Crippen LogP contribution in [0.15, 0.2) is 35.1 Å². The van der Waals surface area contributed by atoms with Gasteiger partial charge >= 0.3 is 5.69 Å². The molecular formula is C21H25N5O4. The van der Waals surface area contributed by atoms with Crippen molar-refractivity contribution in [3.05, 3.63) is 46.4 Å². The molecule has 0 aliphatic carbocycles. The van der Waals surface area contributed by atoms with Crippen LogP contribution >= 0.6 is 0 Å². The fourth-order valence-corrected chi connectivity index (χ4v) is 3.93. The van der Waals surface area contributed by atoms with Crippen LogP contribution in [0.4, 0.5) is 0 Å². The number of fused-ring (bicyclic) bond motifs is 3. The SMILES string of the molecule is COCCN1C[C@@H](C(=O)NCCn2nc3c(C)cc4ccccc4n3c2=O)CC1=O. The minimum Gasteiger partial charge on any atom is -0.383 e. The van der Waals surface area contributed by atoms with Gasteiger partial charge in [-0.1, -0.05) is 18.2 Å². The Morgan fingerprint density at radius 1 is 1.27 bits per heavy atom. The standard InChI is InChI=1S/C21H25N5O4/c1-14-11-15-5-3-4-6-17(15)26-19(14)23-25(21(26)29)8-7-22-20(28)16-12-18(27)24(13-16)9-10-30-2/h3-6,11,16H,7-10,12-13H2,1-2H3,(H,22,28)/t16-/m0/s1. The largest absolute Gasteiger partial charge is 0.383 e. The normalized spacial score (nSPS) is 16.7. The lowest BCUT2D eigenvalue weighted by Gasteiger charge is -2.15. The Morgan fingerprint density at radius 2 is 2.07 bits per heavy atom. The molecule has 4 rings (SSSR count). The number of likely N-dealkylation sites (tertiary alicyclic amines) is 1. The molecule has 158 valence electrons. The number of carbonyl (C=O) groups excluding carboxylic acids is 2. The zero-order valence-corrected chi connectivity index (χ0v) is 17.1. The topological polar surface area (TPSA) is 97.9 Å². The van der Waals surface area contributed by atoms with Crippen molar-refractivity contribution in [2.45, 2.75) is 19.9 Å². The first-order valence-corrected chi connectivity index (χ1v) is 10.0. The van der Waals surface area contributed by atoms with Crippen molar-refractivity contribution in [3.8, 4) is 0 Å². The highest BCUT2D eigenvalue weighted by atomic mass is 16.5. The molecule has 30 heavy (non-hydrogen) atoms. The molecule has 1 atom stereocenters. The number of nitrogens with one attached hydrogen (secondary N) is 1. The Kier molecular flexibility index (Phi) is 5.54. The van der Waals surface area contributed by atoms with Gasteiger partial charge in [-0.2, -0.15) is 0 Å². The highest BCUT2D eigenvalue weighted by Crippen LogP contribution is 2.18. The van der Waals surface area contributed by atoms with E-state index < -0.39 is 0 Å². The first-order valence-electron chi connectivity index (χ1n) is 10.0. The van der Waals surface area contributed by atoms with Gasteiger partial charge in [0, 0.05) is 33.2 Å². The number of amides is 2. The molecule has 3 aromatic rings. The Bertz CT molecular complexity index is 1170. The van der Waals surface area contributed by atoms with Crippen molar-refractivity contribution in [1.82, 2.24) is 24.4 Å². The van der Waals surface area contributed by atoms with Crippen LogP contribution in [0, 0.1) is 12.8 Å². The van der Waals surface area contributed by atoms with E-state index in [1.807, 2.05) is 37.3 Å². The van der Waals surface area contributed by atoms with Gasteiger partial charge in [0.2, 0.25) is 11.8 Å². The highest BCUT2D eigenvalue weighted by molar-refractivity contribution is 5.89. The summed E-state index contributed by atoms with van der Waals surface area (Å²) < 4.78 is 7.98. The van der Waals surface area contributed by atoms with Crippen molar-refractivity contribution in [3.63, 3.8) is 0 Å². The summed E-state index contributed by atoms with van der Waals surface area (Å²) in [4.78, 5) is 39.0. The number of hydrogen-bond acceptors (Lipinski definition) is 5. The van der Waals surface area contributed by atoms with Crippen LogP contribution in [0.3, 0.4) is 0 Å². The van der Waals surface area contributed by atoms with Gasteiger partial charge in [-0.25, -0.2) is 13.9 Å². The van der Waals surface area contributed by atoms with E-state index in [1.165, 1.54) is 4.68 Å². The van der Waals surface area contributed by atoms with Crippen LogP contribution in [0.2, 0.25) is 0 Å². The Hall–Kier alpha value is -3.20. The number of hydrogen-bond donors (Lipinski definition) is 1. The minimum absolute atomic E-state index is 0.0360. The van der Waals surface area contributed by atoms with Gasteiger partial charge in [0.1, 0.15) is 0 Å². The summed E-state index contributed by atoms with van der Waals surface area (Å²) in [6.45, 7) is 3.78. The summed E-state index contributed by atoms with van der Waals surface area (Å²) in [7, 11) is 1.58. The number of nitrogens with zero attached hydrogens (tertiary/aromatic N) is 4. The number of aryl methyl sites for hydroxylation is 1. The van der Waals surface area contributed by atoms with E-state index in [0.717, 1.165) is 16.5 Å². The van der Waals surface area contributed by atoms with E-state index in [9.17, 15) is 14.4 Å². The predicted molar refractivity (Wildman–Crippen MR) is 111 cm³/mol. The number of benzene rings is 1. The van der Waals surface area contributed by atoms with E-state index in [1.54, 1.807) is 16.4 Å². The molecule has 1 N–H and O–H groups in total. The average Bonchev–Trinajstić information content (AvgIpc) is 3.27. The van der Waals surface area contributed by atoms with Crippen molar-refractivity contribution >= 4 is 28.4 Å². The molecule has 0 saturated carbocycles. The van der Waals surface area contributed by atoms with Gasteiger partial charge in [0.15, 0.2) is 5.65 Å². The molecule has 3 heterocycles. The lowest BCUT2D eigenvalue weighted by molar-refractivity contribution is -0.129. The average molecular weight is 411 g/mol. The van der Waals surface area contributed by atoms with Crippen LogP contribution in [-0.4, -0.2) is 64.2 Å². The molecule has 1 fully saturated rings. The van der Waals surface area contributed by atoms with E-state index >= 15 is 0 Å². The van der Waals surface area contributed by atoms with Crippen molar-refractivity contribution in [1.29, 1.82) is 0 Å². The number of aromatic nitrogens is 3. The zero-order chi connectivity index (χ0) is 21.3. The fourth-order valence-electron chi connectivity index (χ4n) is 3.93. The maximum atomic E-state index is 12.9. The molecule has 0 spiro atoms. The second-order valence-electron chi connectivity index (χ2n) is 7.58. The third-order valence-corrected chi connectivity index (χ3v) is 5.52. The molecule has 2 amide bonds. The third-order valence-electron chi connectivity index (χ3n) is 5.52. The smallest absolute Gasteiger partial charge is 0.350 e. The first-order chi connectivity index (χ1) is 14.5. The maximum absolute atomic E-state index is 12.9. The summed E-state index contributed by atoms with van der Waals surface area (Å²) in [5.41, 5.74) is 2.09. The molecule has 2 aromatic heterocycles.